The number of benzene rings is 4. The highest BCUT2D eigenvalue weighted by molar-refractivity contribution is 5.85. The zero-order valence-electron chi connectivity index (χ0n) is 30.5. The van der Waals surface area contributed by atoms with Gasteiger partial charge in [-0.3, -0.25) is 0 Å². The van der Waals surface area contributed by atoms with Gasteiger partial charge in [-0.25, -0.2) is 9.97 Å². The number of hydrogen-bond acceptors (Lipinski definition) is 10. The molecule has 0 saturated carbocycles. The van der Waals surface area contributed by atoms with Crippen molar-refractivity contribution in [3.63, 3.8) is 0 Å². The molecule has 2 aromatic heterocycles. The van der Waals surface area contributed by atoms with Crippen LogP contribution in [0.3, 0.4) is 0 Å². The molecule has 0 radical (unpaired) electrons. The van der Waals surface area contributed by atoms with Gasteiger partial charge >= 0.3 is 0 Å². The molecule has 0 spiro atoms. The quantitative estimate of drug-likeness (QED) is 0.0948. The minimum Gasteiger partial charge on any atom is -0.497 e. The summed E-state index contributed by atoms with van der Waals surface area (Å²) < 4.78 is 35.0. The Morgan fingerprint density at radius 2 is 1.07 bits per heavy atom. The van der Waals surface area contributed by atoms with E-state index in [1.54, 1.807) is 20.3 Å². The molecule has 54 heavy (non-hydrogen) atoms. The van der Waals surface area contributed by atoms with E-state index in [1.165, 1.54) is 0 Å². The second-order valence-electron chi connectivity index (χ2n) is 11.7. The van der Waals surface area contributed by atoms with Crippen LogP contribution in [-0.4, -0.2) is 50.6 Å². The first-order chi connectivity index (χ1) is 26.5. The van der Waals surface area contributed by atoms with Gasteiger partial charge in [-0.1, -0.05) is 36.4 Å². The van der Waals surface area contributed by atoms with Crippen LogP contribution in [0, 0.1) is 22.7 Å². The third-order valence-electron chi connectivity index (χ3n) is 8.47. The Hall–Kier alpha value is -7.04. The lowest BCUT2D eigenvalue weighted by atomic mass is 9.97. The Balaban J connectivity index is 1.29. The van der Waals surface area contributed by atoms with E-state index >= 15 is 0 Å². The smallest absolute Gasteiger partial charge is 0.232 e. The van der Waals surface area contributed by atoms with Crippen LogP contribution in [0.4, 0.5) is 0 Å². The topological polar surface area (TPSA) is 129 Å². The maximum absolute atomic E-state index is 10.3. The number of rotatable bonds is 15. The van der Waals surface area contributed by atoms with Gasteiger partial charge in [-0.15, -0.1) is 0 Å². The van der Waals surface area contributed by atoms with Crippen LogP contribution in [0.15, 0.2) is 109 Å². The van der Waals surface area contributed by atoms with Gasteiger partial charge < -0.3 is 28.4 Å². The van der Waals surface area contributed by atoms with Crippen molar-refractivity contribution in [2.45, 2.75) is 13.8 Å². The molecule has 0 unspecified atom stereocenters. The SMILES string of the molecule is CCOc1nc(-c2ccc(OC)cc2)c(-c2ccccc2OCCOc2ccccc2-c2cc(-c3ccc(OC)cc3)nc(OCC)c2C#N)cc1C#N. The van der Waals surface area contributed by atoms with Gasteiger partial charge in [0.25, 0.3) is 0 Å². The Kier molecular flexibility index (Phi) is 11.9. The number of aromatic nitrogens is 2. The molecule has 0 aliphatic carbocycles. The second kappa shape index (κ2) is 17.5. The molecule has 10 nitrogen and oxygen atoms in total. The van der Waals surface area contributed by atoms with Crippen molar-refractivity contribution in [2.75, 3.05) is 40.6 Å². The van der Waals surface area contributed by atoms with Gasteiger partial charge in [-0.2, -0.15) is 10.5 Å². The van der Waals surface area contributed by atoms with Gasteiger partial charge in [0.15, 0.2) is 0 Å². The molecule has 10 heteroatoms. The summed E-state index contributed by atoms with van der Waals surface area (Å²) in [6.07, 6.45) is 0. The van der Waals surface area contributed by atoms with Gasteiger partial charge in [0.2, 0.25) is 11.8 Å². The van der Waals surface area contributed by atoms with E-state index in [-0.39, 0.29) is 25.0 Å². The second-order valence-corrected chi connectivity index (χ2v) is 11.7. The standard InChI is InChI=1S/C44H38N4O6/c1-5-51-43-31(27-45)25-37(42(48-43)30-17-21-33(50-4)22-18-30)35-12-8-10-14-41(35)54-24-23-53-40-13-9-7-11-34(40)36-26-39(29-15-19-32(49-3)20-16-29)47-44(52-6-2)38(36)28-46/h7-22,25-26H,5-6,23-24H2,1-4H3. The molecule has 270 valence electrons. The lowest BCUT2D eigenvalue weighted by molar-refractivity contribution is 0.218. The molecule has 0 atom stereocenters. The number of ether oxygens (including phenoxy) is 6. The first-order valence-corrected chi connectivity index (χ1v) is 17.4. The monoisotopic (exact) mass is 718 g/mol. The van der Waals surface area contributed by atoms with E-state index in [0.717, 1.165) is 22.4 Å². The van der Waals surface area contributed by atoms with Crippen molar-refractivity contribution in [3.8, 4) is 91.7 Å². The largest absolute Gasteiger partial charge is 0.497 e. The maximum atomic E-state index is 10.3. The Labute approximate surface area is 314 Å². The van der Waals surface area contributed by atoms with Crippen molar-refractivity contribution in [1.29, 1.82) is 10.5 Å². The summed E-state index contributed by atoms with van der Waals surface area (Å²) in [5.74, 6) is 3.10. The number of methoxy groups -OCH3 is 2. The fourth-order valence-corrected chi connectivity index (χ4v) is 5.92. The Morgan fingerprint density at radius 1 is 0.537 bits per heavy atom. The van der Waals surface area contributed by atoms with Crippen LogP contribution in [0.5, 0.6) is 34.8 Å². The summed E-state index contributed by atoms with van der Waals surface area (Å²) >= 11 is 0. The highest BCUT2D eigenvalue weighted by Crippen LogP contribution is 2.41. The normalized spacial score (nSPS) is 10.5. The highest BCUT2D eigenvalue weighted by atomic mass is 16.5. The van der Waals surface area contributed by atoms with Crippen molar-refractivity contribution < 1.29 is 28.4 Å². The average Bonchev–Trinajstić information content (AvgIpc) is 3.22. The number of pyridine rings is 2. The van der Waals surface area contributed by atoms with Crippen LogP contribution in [-0.2, 0) is 0 Å². The van der Waals surface area contributed by atoms with E-state index in [9.17, 15) is 10.5 Å². The summed E-state index contributed by atoms with van der Waals surface area (Å²) in [6.45, 7) is 4.80. The Morgan fingerprint density at radius 3 is 1.61 bits per heavy atom. The van der Waals surface area contributed by atoms with Gasteiger partial charge in [-0.05, 0) is 86.6 Å². The van der Waals surface area contributed by atoms with Crippen molar-refractivity contribution in [1.82, 2.24) is 9.97 Å². The fourth-order valence-electron chi connectivity index (χ4n) is 5.92. The lowest BCUT2D eigenvalue weighted by Gasteiger charge is -2.18. The molecule has 6 aromatic rings. The molecule has 0 amide bonds. The van der Waals surface area contributed by atoms with Gasteiger partial charge in [0.05, 0.1) is 38.8 Å². The van der Waals surface area contributed by atoms with E-state index in [0.29, 0.717) is 69.7 Å². The summed E-state index contributed by atoms with van der Waals surface area (Å²) in [4.78, 5) is 9.50. The van der Waals surface area contributed by atoms with Gasteiger partial charge in [0, 0.05) is 33.4 Å². The third kappa shape index (κ3) is 8.04. The van der Waals surface area contributed by atoms with Crippen LogP contribution < -0.4 is 28.4 Å². The summed E-state index contributed by atoms with van der Waals surface area (Å²) in [5.41, 5.74) is 6.36. The molecular weight excluding hydrogens is 681 g/mol. The summed E-state index contributed by atoms with van der Waals surface area (Å²) in [7, 11) is 3.23. The molecule has 2 heterocycles. The van der Waals surface area contributed by atoms with Crippen molar-refractivity contribution >= 4 is 0 Å². The third-order valence-corrected chi connectivity index (χ3v) is 8.47. The zero-order chi connectivity index (χ0) is 37.9. The lowest BCUT2D eigenvalue weighted by Crippen LogP contribution is -2.10. The highest BCUT2D eigenvalue weighted by Gasteiger charge is 2.21. The molecule has 6 rings (SSSR count). The number of nitrogens with zero attached hydrogens (tertiary/aromatic N) is 4. The predicted molar refractivity (Wildman–Crippen MR) is 206 cm³/mol. The first kappa shape index (κ1) is 36.7. The van der Waals surface area contributed by atoms with Crippen LogP contribution >= 0.6 is 0 Å². The molecule has 0 aliphatic heterocycles. The summed E-state index contributed by atoms with van der Waals surface area (Å²) in [6, 6.07) is 38.4. The average molecular weight is 719 g/mol. The molecule has 0 bridgehead atoms. The molecular formula is C44H38N4O6. The molecule has 0 N–H and O–H groups in total. The van der Waals surface area contributed by atoms with Gasteiger partial charge in [0.1, 0.15) is 59.5 Å². The summed E-state index contributed by atoms with van der Waals surface area (Å²) in [5, 5.41) is 20.3. The minimum absolute atomic E-state index is 0.193. The zero-order valence-corrected chi connectivity index (χ0v) is 30.5. The number of nitriles is 2. The minimum atomic E-state index is 0.193. The number of hydrogen-bond donors (Lipinski definition) is 0. The fraction of sp³-hybridized carbons (Fsp3) is 0.182. The van der Waals surface area contributed by atoms with Crippen molar-refractivity contribution in [3.05, 3.63) is 120 Å². The Bertz CT molecular complexity index is 2310. The van der Waals surface area contributed by atoms with Crippen LogP contribution in [0.1, 0.15) is 25.0 Å². The van der Waals surface area contributed by atoms with E-state index in [4.69, 9.17) is 38.4 Å². The molecule has 0 fully saturated rings. The molecule has 4 aromatic carbocycles. The maximum Gasteiger partial charge on any atom is 0.232 e. The van der Waals surface area contributed by atoms with E-state index in [1.807, 2.05) is 117 Å². The van der Waals surface area contributed by atoms with E-state index in [2.05, 4.69) is 12.1 Å². The predicted octanol–water partition coefficient (Wildman–Crippen LogP) is 9.16. The van der Waals surface area contributed by atoms with E-state index < -0.39 is 0 Å². The first-order valence-electron chi connectivity index (χ1n) is 17.4. The van der Waals surface area contributed by atoms with Crippen molar-refractivity contribution in [2.24, 2.45) is 0 Å². The molecule has 0 aliphatic rings. The van der Waals surface area contributed by atoms with Crippen LogP contribution in [0.25, 0.3) is 44.8 Å². The molecule has 0 saturated heterocycles. The number of para-hydroxylation sites is 2. The van der Waals surface area contributed by atoms with Crippen LogP contribution in [0.2, 0.25) is 0 Å².